The molecule has 3 N–H and O–H groups in total. The highest BCUT2D eigenvalue weighted by atomic mass is 16.7. The number of hydroxylamine groups is 2. The van der Waals surface area contributed by atoms with Crippen molar-refractivity contribution in [2.75, 3.05) is 6.61 Å². The minimum absolute atomic E-state index is 0.0527. The molecule has 1 spiro atoms. The average molecular weight is 405 g/mol. The molecule has 2 aliphatic heterocycles. The molecule has 0 aliphatic carbocycles. The van der Waals surface area contributed by atoms with Gasteiger partial charge in [-0.2, -0.15) is 5.06 Å². The SMILES string of the molecule is O=C(O)CON1C(=O)c2ccccc2C12c1ccc(O)cc1Oc1cc(O)ccc12. The van der Waals surface area contributed by atoms with E-state index in [-0.39, 0.29) is 23.0 Å². The van der Waals surface area contributed by atoms with Crippen LogP contribution in [-0.2, 0) is 15.2 Å². The number of carbonyl (C=O) groups excluding carboxylic acids is 1. The maximum Gasteiger partial charge on any atom is 0.332 e. The molecule has 8 heteroatoms. The normalized spacial score (nSPS) is 15.3. The van der Waals surface area contributed by atoms with Crippen LogP contribution in [0.2, 0.25) is 0 Å². The molecule has 0 aromatic heterocycles. The molecule has 5 rings (SSSR count). The van der Waals surface area contributed by atoms with Crippen molar-refractivity contribution in [3.8, 4) is 23.0 Å². The van der Waals surface area contributed by atoms with Crippen molar-refractivity contribution in [1.29, 1.82) is 0 Å². The summed E-state index contributed by atoms with van der Waals surface area (Å²) in [7, 11) is 0. The number of nitrogens with zero attached hydrogens (tertiary/aromatic N) is 1. The van der Waals surface area contributed by atoms with Crippen LogP contribution in [0.5, 0.6) is 23.0 Å². The number of phenols is 2. The van der Waals surface area contributed by atoms with E-state index in [1.54, 1.807) is 36.4 Å². The molecule has 0 bridgehead atoms. The fourth-order valence-corrected chi connectivity index (χ4v) is 4.19. The molecular formula is C22H15NO7. The van der Waals surface area contributed by atoms with Crippen LogP contribution < -0.4 is 4.74 Å². The molecule has 150 valence electrons. The van der Waals surface area contributed by atoms with Crippen LogP contribution in [0.3, 0.4) is 0 Å². The topological polar surface area (TPSA) is 117 Å². The summed E-state index contributed by atoms with van der Waals surface area (Å²) in [5.41, 5.74) is 0.530. The lowest BCUT2D eigenvalue weighted by Gasteiger charge is -2.42. The van der Waals surface area contributed by atoms with Crippen LogP contribution in [0.15, 0.2) is 60.7 Å². The lowest BCUT2D eigenvalue weighted by molar-refractivity contribution is -0.180. The van der Waals surface area contributed by atoms with Gasteiger partial charge in [-0.15, -0.1) is 0 Å². The summed E-state index contributed by atoms with van der Waals surface area (Å²) >= 11 is 0. The van der Waals surface area contributed by atoms with Gasteiger partial charge in [0.2, 0.25) is 0 Å². The van der Waals surface area contributed by atoms with Gasteiger partial charge >= 0.3 is 5.97 Å². The van der Waals surface area contributed by atoms with Crippen LogP contribution in [0, 0.1) is 0 Å². The molecule has 30 heavy (non-hydrogen) atoms. The van der Waals surface area contributed by atoms with E-state index >= 15 is 0 Å². The number of phenolic OH excluding ortho intramolecular Hbond substituents is 2. The third kappa shape index (κ3) is 2.31. The number of amides is 1. The minimum Gasteiger partial charge on any atom is -0.508 e. The van der Waals surface area contributed by atoms with Gasteiger partial charge in [-0.1, -0.05) is 18.2 Å². The number of carboxylic acids is 1. The minimum atomic E-state index is -1.37. The fourth-order valence-electron chi connectivity index (χ4n) is 4.19. The van der Waals surface area contributed by atoms with Gasteiger partial charge < -0.3 is 20.1 Å². The monoisotopic (exact) mass is 405 g/mol. The zero-order chi connectivity index (χ0) is 21.0. The average Bonchev–Trinajstić information content (AvgIpc) is 2.95. The van der Waals surface area contributed by atoms with Crippen LogP contribution in [0.25, 0.3) is 0 Å². The zero-order valence-corrected chi connectivity index (χ0v) is 15.4. The summed E-state index contributed by atoms with van der Waals surface area (Å²) < 4.78 is 5.92. The molecule has 0 fully saturated rings. The van der Waals surface area contributed by atoms with Crippen molar-refractivity contribution in [2.24, 2.45) is 0 Å². The smallest absolute Gasteiger partial charge is 0.332 e. The molecule has 0 radical (unpaired) electrons. The Morgan fingerprint density at radius 3 is 2.13 bits per heavy atom. The number of ether oxygens (including phenoxy) is 1. The number of benzene rings is 3. The third-order valence-corrected chi connectivity index (χ3v) is 5.28. The van der Waals surface area contributed by atoms with E-state index in [9.17, 15) is 24.9 Å². The van der Waals surface area contributed by atoms with Gasteiger partial charge in [0.15, 0.2) is 12.1 Å². The highest BCUT2D eigenvalue weighted by molar-refractivity contribution is 6.01. The van der Waals surface area contributed by atoms with E-state index < -0.39 is 24.0 Å². The first-order valence-corrected chi connectivity index (χ1v) is 9.06. The number of hydrogen-bond acceptors (Lipinski definition) is 6. The van der Waals surface area contributed by atoms with Gasteiger partial charge in [-0.05, 0) is 30.3 Å². The number of rotatable bonds is 3. The van der Waals surface area contributed by atoms with Gasteiger partial charge in [-0.25, -0.2) is 4.79 Å². The molecule has 8 nitrogen and oxygen atoms in total. The van der Waals surface area contributed by atoms with Gasteiger partial charge in [-0.3, -0.25) is 9.63 Å². The quantitative estimate of drug-likeness (QED) is 0.613. The van der Waals surface area contributed by atoms with E-state index in [4.69, 9.17) is 9.57 Å². The van der Waals surface area contributed by atoms with Crippen molar-refractivity contribution < 1.29 is 34.5 Å². The third-order valence-electron chi connectivity index (χ3n) is 5.28. The molecule has 2 aliphatic rings. The highest BCUT2D eigenvalue weighted by Gasteiger charge is 2.57. The molecule has 0 saturated heterocycles. The fraction of sp³-hybridized carbons (Fsp3) is 0.0909. The molecule has 0 saturated carbocycles. The summed E-state index contributed by atoms with van der Waals surface area (Å²) in [5.74, 6) is -1.35. The largest absolute Gasteiger partial charge is 0.508 e. The van der Waals surface area contributed by atoms with Crippen LogP contribution in [0.1, 0.15) is 27.0 Å². The highest BCUT2D eigenvalue weighted by Crippen LogP contribution is 2.58. The number of aromatic hydroxyl groups is 2. The Morgan fingerprint density at radius 1 is 0.933 bits per heavy atom. The Labute approximate surface area is 170 Å². The molecular weight excluding hydrogens is 390 g/mol. The predicted molar refractivity (Wildman–Crippen MR) is 102 cm³/mol. The number of carboxylic acid groups (broad SMARTS) is 1. The molecule has 0 unspecified atom stereocenters. The lowest BCUT2D eigenvalue weighted by Crippen LogP contribution is -2.47. The Morgan fingerprint density at radius 2 is 1.53 bits per heavy atom. The Bertz CT molecular complexity index is 1170. The van der Waals surface area contributed by atoms with Crippen molar-refractivity contribution in [2.45, 2.75) is 5.54 Å². The van der Waals surface area contributed by atoms with Crippen molar-refractivity contribution in [1.82, 2.24) is 5.06 Å². The summed E-state index contributed by atoms with van der Waals surface area (Å²) in [6.07, 6.45) is 0. The van der Waals surface area contributed by atoms with Crippen molar-refractivity contribution >= 4 is 11.9 Å². The molecule has 3 aromatic rings. The first-order valence-electron chi connectivity index (χ1n) is 9.06. The maximum absolute atomic E-state index is 13.3. The summed E-state index contributed by atoms with van der Waals surface area (Å²) in [4.78, 5) is 30.1. The van der Waals surface area contributed by atoms with Crippen molar-refractivity contribution in [3.63, 3.8) is 0 Å². The van der Waals surface area contributed by atoms with Gasteiger partial charge in [0.1, 0.15) is 23.0 Å². The first kappa shape index (κ1) is 18.0. The zero-order valence-electron chi connectivity index (χ0n) is 15.4. The molecule has 3 aromatic carbocycles. The second kappa shape index (κ2) is 6.23. The van der Waals surface area contributed by atoms with E-state index in [0.717, 1.165) is 5.06 Å². The Balaban J connectivity index is 1.88. The van der Waals surface area contributed by atoms with E-state index in [0.29, 0.717) is 22.3 Å². The number of carbonyl (C=O) groups is 2. The van der Waals surface area contributed by atoms with Crippen LogP contribution >= 0.6 is 0 Å². The summed E-state index contributed by atoms with van der Waals surface area (Å²) in [5, 5.41) is 30.2. The molecule has 1 amide bonds. The van der Waals surface area contributed by atoms with Gasteiger partial charge in [0, 0.05) is 34.4 Å². The number of fused-ring (bicyclic) bond motifs is 6. The Hall–Kier alpha value is -4.04. The number of hydrogen-bond donors (Lipinski definition) is 3. The van der Waals surface area contributed by atoms with E-state index in [1.807, 2.05) is 0 Å². The number of aliphatic carboxylic acids is 1. The maximum atomic E-state index is 13.3. The lowest BCUT2D eigenvalue weighted by atomic mass is 9.75. The van der Waals surface area contributed by atoms with Gasteiger partial charge in [0.05, 0.1) is 0 Å². The second-order valence-corrected chi connectivity index (χ2v) is 6.99. The summed E-state index contributed by atoms with van der Waals surface area (Å²) in [6.45, 7) is -0.733. The van der Waals surface area contributed by atoms with Crippen molar-refractivity contribution in [3.05, 3.63) is 82.9 Å². The van der Waals surface area contributed by atoms with E-state index in [1.165, 1.54) is 24.3 Å². The molecule has 0 atom stereocenters. The van der Waals surface area contributed by atoms with Gasteiger partial charge in [0.25, 0.3) is 5.91 Å². The van der Waals surface area contributed by atoms with Crippen LogP contribution in [-0.4, -0.2) is 38.9 Å². The Kier molecular flexibility index (Phi) is 3.74. The standard InChI is InChI=1S/C22H15NO7/c24-12-5-7-16-18(9-12)30-19-10-13(25)6-8-17(19)22(16)15-4-2-1-3-14(15)21(28)23(22)29-11-20(26)27/h1-10,24-25H,11H2,(H,26,27). The predicted octanol–water partition coefficient (Wildman–Crippen LogP) is 2.97. The first-order chi connectivity index (χ1) is 14.4. The molecule has 2 heterocycles. The van der Waals surface area contributed by atoms with Crippen LogP contribution in [0.4, 0.5) is 0 Å². The van der Waals surface area contributed by atoms with E-state index in [2.05, 4.69) is 0 Å². The summed E-state index contributed by atoms with van der Waals surface area (Å²) in [6, 6.07) is 15.8. The second-order valence-electron chi connectivity index (χ2n) is 6.99.